The molecular formula is C18H29N3O2. The molecule has 2 N–H and O–H groups in total. The van der Waals surface area contributed by atoms with E-state index in [1.54, 1.807) is 7.11 Å². The summed E-state index contributed by atoms with van der Waals surface area (Å²) in [5.41, 5.74) is 0.594. The van der Waals surface area contributed by atoms with Crippen LogP contribution in [0.4, 0.5) is 5.69 Å². The van der Waals surface area contributed by atoms with Crippen LogP contribution >= 0.6 is 0 Å². The molecule has 1 heterocycles. The van der Waals surface area contributed by atoms with Gasteiger partial charge in [-0.2, -0.15) is 0 Å². The van der Waals surface area contributed by atoms with Gasteiger partial charge in [-0.1, -0.05) is 18.2 Å². The van der Waals surface area contributed by atoms with Crippen LogP contribution in [-0.2, 0) is 9.53 Å². The molecular weight excluding hydrogens is 290 g/mol. The highest BCUT2D eigenvalue weighted by atomic mass is 16.5. The monoisotopic (exact) mass is 319 g/mol. The van der Waals surface area contributed by atoms with Gasteiger partial charge in [0.05, 0.1) is 0 Å². The Bertz CT molecular complexity index is 472. The topological polar surface area (TPSA) is 53.6 Å². The van der Waals surface area contributed by atoms with E-state index in [0.29, 0.717) is 6.54 Å². The Morgan fingerprint density at radius 1 is 1.26 bits per heavy atom. The number of carbonyl (C=O) groups is 1. The SMILES string of the molecule is COC1(C(=O)NCCCCN(C)c2ccccc2)CCNCC1. The molecule has 0 aromatic heterocycles. The predicted molar refractivity (Wildman–Crippen MR) is 93.8 cm³/mol. The summed E-state index contributed by atoms with van der Waals surface area (Å²) < 4.78 is 5.53. The molecule has 5 heteroatoms. The van der Waals surface area contributed by atoms with Crippen molar-refractivity contribution in [3.05, 3.63) is 30.3 Å². The molecule has 1 aliphatic heterocycles. The Balaban J connectivity index is 1.66. The molecule has 5 nitrogen and oxygen atoms in total. The number of anilines is 1. The summed E-state index contributed by atoms with van der Waals surface area (Å²) in [6, 6.07) is 10.4. The van der Waals surface area contributed by atoms with E-state index in [1.165, 1.54) is 5.69 Å². The maximum Gasteiger partial charge on any atom is 0.252 e. The second-order valence-electron chi connectivity index (χ2n) is 6.17. The Hall–Kier alpha value is -1.59. The molecule has 1 saturated heterocycles. The lowest BCUT2D eigenvalue weighted by Gasteiger charge is -2.34. The number of ether oxygens (including phenoxy) is 1. The first-order chi connectivity index (χ1) is 11.2. The smallest absolute Gasteiger partial charge is 0.252 e. The van der Waals surface area contributed by atoms with Crippen LogP contribution in [0.5, 0.6) is 0 Å². The highest BCUT2D eigenvalue weighted by Crippen LogP contribution is 2.22. The van der Waals surface area contributed by atoms with Gasteiger partial charge in [-0.25, -0.2) is 0 Å². The standard InChI is InChI=1S/C18H29N3O2/c1-21(16-8-4-3-5-9-16)15-7-6-12-20-17(22)18(23-2)10-13-19-14-11-18/h3-5,8-9,19H,6-7,10-15H2,1-2H3,(H,20,22). The number of nitrogens with zero attached hydrogens (tertiary/aromatic N) is 1. The molecule has 0 unspecified atom stereocenters. The van der Waals surface area contributed by atoms with Crippen LogP contribution in [0, 0.1) is 0 Å². The summed E-state index contributed by atoms with van der Waals surface area (Å²) in [6.45, 7) is 3.37. The van der Waals surface area contributed by atoms with Gasteiger partial charge in [0.25, 0.3) is 5.91 Å². The van der Waals surface area contributed by atoms with Crippen molar-refractivity contribution in [2.45, 2.75) is 31.3 Å². The van der Waals surface area contributed by atoms with Crippen LogP contribution in [0.2, 0.25) is 0 Å². The second-order valence-corrected chi connectivity index (χ2v) is 6.17. The number of unbranched alkanes of at least 4 members (excludes halogenated alkanes) is 1. The van der Waals surface area contributed by atoms with Crippen LogP contribution in [0.3, 0.4) is 0 Å². The van der Waals surface area contributed by atoms with Gasteiger partial charge in [0.1, 0.15) is 5.60 Å². The van der Waals surface area contributed by atoms with E-state index in [-0.39, 0.29) is 5.91 Å². The van der Waals surface area contributed by atoms with Crippen molar-refractivity contribution in [2.24, 2.45) is 0 Å². The number of nitrogens with one attached hydrogen (secondary N) is 2. The lowest BCUT2D eigenvalue weighted by Crippen LogP contribution is -2.54. The van der Waals surface area contributed by atoms with Gasteiger partial charge in [-0.15, -0.1) is 0 Å². The van der Waals surface area contributed by atoms with E-state index in [1.807, 2.05) is 6.07 Å². The van der Waals surface area contributed by atoms with Crippen LogP contribution in [0.1, 0.15) is 25.7 Å². The third-order valence-electron chi connectivity index (χ3n) is 4.62. The third kappa shape index (κ3) is 4.94. The van der Waals surface area contributed by atoms with E-state index in [0.717, 1.165) is 45.3 Å². The number of para-hydroxylation sites is 1. The fourth-order valence-corrected chi connectivity index (χ4v) is 3.00. The molecule has 0 bridgehead atoms. The van der Waals surface area contributed by atoms with Crippen molar-refractivity contribution in [1.82, 2.24) is 10.6 Å². The molecule has 0 saturated carbocycles. The number of carbonyl (C=O) groups excluding carboxylic acids is 1. The number of rotatable bonds is 8. The third-order valence-corrected chi connectivity index (χ3v) is 4.62. The number of methoxy groups -OCH3 is 1. The molecule has 0 spiro atoms. The van der Waals surface area contributed by atoms with Gasteiger partial charge >= 0.3 is 0 Å². The largest absolute Gasteiger partial charge is 0.375 e. The molecule has 0 atom stereocenters. The van der Waals surface area contributed by atoms with E-state index in [2.05, 4.69) is 46.8 Å². The van der Waals surface area contributed by atoms with Crippen LogP contribution < -0.4 is 15.5 Å². The first-order valence-electron chi connectivity index (χ1n) is 8.48. The molecule has 0 radical (unpaired) electrons. The normalized spacial score (nSPS) is 16.8. The van der Waals surface area contributed by atoms with Crippen molar-refractivity contribution in [2.75, 3.05) is 45.2 Å². The first-order valence-corrected chi connectivity index (χ1v) is 8.48. The van der Waals surface area contributed by atoms with Gasteiger partial charge < -0.3 is 20.3 Å². The Labute approximate surface area is 139 Å². The van der Waals surface area contributed by atoms with Gasteiger partial charge in [0.2, 0.25) is 0 Å². The van der Waals surface area contributed by atoms with E-state index in [4.69, 9.17) is 4.74 Å². The summed E-state index contributed by atoms with van der Waals surface area (Å²) in [4.78, 5) is 14.6. The molecule has 1 aromatic rings. The highest BCUT2D eigenvalue weighted by Gasteiger charge is 2.39. The fourth-order valence-electron chi connectivity index (χ4n) is 3.00. The zero-order valence-electron chi connectivity index (χ0n) is 14.3. The average Bonchev–Trinajstić information content (AvgIpc) is 2.62. The number of benzene rings is 1. The summed E-state index contributed by atoms with van der Waals surface area (Å²) in [6.07, 6.45) is 3.51. The van der Waals surface area contributed by atoms with Crippen molar-refractivity contribution in [3.63, 3.8) is 0 Å². The number of piperidine rings is 1. The Morgan fingerprint density at radius 3 is 2.61 bits per heavy atom. The molecule has 1 fully saturated rings. The molecule has 1 aromatic carbocycles. The highest BCUT2D eigenvalue weighted by molar-refractivity contribution is 5.85. The molecule has 1 aliphatic rings. The maximum atomic E-state index is 12.4. The molecule has 128 valence electrons. The second kappa shape index (κ2) is 8.89. The van der Waals surface area contributed by atoms with Gasteiger partial charge in [-0.3, -0.25) is 4.79 Å². The maximum absolute atomic E-state index is 12.4. The number of amides is 1. The van der Waals surface area contributed by atoms with Gasteiger partial charge in [0, 0.05) is 32.9 Å². The van der Waals surface area contributed by atoms with Crippen molar-refractivity contribution in [3.8, 4) is 0 Å². The van der Waals surface area contributed by atoms with Crippen molar-refractivity contribution >= 4 is 11.6 Å². The van der Waals surface area contributed by atoms with Gasteiger partial charge in [0.15, 0.2) is 0 Å². The lowest BCUT2D eigenvalue weighted by molar-refractivity contribution is -0.146. The van der Waals surface area contributed by atoms with Crippen molar-refractivity contribution in [1.29, 1.82) is 0 Å². The average molecular weight is 319 g/mol. The first kappa shape index (κ1) is 17.8. The molecule has 23 heavy (non-hydrogen) atoms. The Morgan fingerprint density at radius 2 is 1.96 bits per heavy atom. The summed E-state index contributed by atoms with van der Waals surface area (Å²) in [7, 11) is 3.74. The quantitative estimate of drug-likeness (QED) is 0.717. The minimum Gasteiger partial charge on any atom is -0.375 e. The zero-order valence-corrected chi connectivity index (χ0v) is 14.3. The number of hydrogen-bond acceptors (Lipinski definition) is 4. The molecule has 0 aliphatic carbocycles. The molecule has 1 amide bonds. The predicted octanol–water partition coefficient (Wildman–Crippen LogP) is 1.79. The van der Waals surface area contributed by atoms with Crippen LogP contribution in [-0.4, -0.2) is 51.8 Å². The summed E-state index contributed by atoms with van der Waals surface area (Å²) >= 11 is 0. The number of hydrogen-bond donors (Lipinski definition) is 2. The van der Waals surface area contributed by atoms with E-state index < -0.39 is 5.60 Å². The van der Waals surface area contributed by atoms with E-state index in [9.17, 15) is 4.79 Å². The Kier molecular flexibility index (Phi) is 6.86. The molecule has 2 rings (SSSR count). The summed E-state index contributed by atoms with van der Waals surface area (Å²) in [5, 5.41) is 6.31. The fraction of sp³-hybridized carbons (Fsp3) is 0.611. The van der Waals surface area contributed by atoms with Gasteiger partial charge in [-0.05, 0) is 50.9 Å². The minimum atomic E-state index is -0.633. The van der Waals surface area contributed by atoms with E-state index >= 15 is 0 Å². The minimum absolute atomic E-state index is 0.0397. The van der Waals surface area contributed by atoms with Crippen LogP contribution in [0.25, 0.3) is 0 Å². The lowest BCUT2D eigenvalue weighted by atomic mass is 9.91. The van der Waals surface area contributed by atoms with Crippen LogP contribution in [0.15, 0.2) is 30.3 Å². The van der Waals surface area contributed by atoms with Crippen molar-refractivity contribution < 1.29 is 9.53 Å². The summed E-state index contributed by atoms with van der Waals surface area (Å²) in [5.74, 6) is 0.0397. The zero-order chi connectivity index (χ0) is 16.5.